The number of carbonyl (C=O) groups excluding carboxylic acids is 2. The Morgan fingerprint density at radius 1 is 1.21 bits per heavy atom. The topological polar surface area (TPSA) is 61.9 Å². The van der Waals surface area contributed by atoms with Crippen molar-refractivity contribution in [2.45, 2.75) is 45.9 Å². The molecule has 0 radical (unpaired) electrons. The second kappa shape index (κ2) is 9.83. The fourth-order valence-corrected chi connectivity index (χ4v) is 4.65. The van der Waals surface area contributed by atoms with E-state index in [0.29, 0.717) is 30.4 Å². The van der Waals surface area contributed by atoms with Crippen LogP contribution in [-0.2, 0) is 11.3 Å². The Bertz CT molecular complexity index is 1120. The van der Waals surface area contributed by atoms with Crippen LogP contribution in [0, 0.1) is 17.6 Å². The predicted molar refractivity (Wildman–Crippen MR) is 126 cm³/mol. The highest BCUT2D eigenvalue weighted by Gasteiger charge is 2.38. The molecule has 0 aromatic heterocycles. The highest BCUT2D eigenvalue weighted by molar-refractivity contribution is 5.92. The summed E-state index contributed by atoms with van der Waals surface area (Å²) in [5, 5.41) is 2.71. The van der Waals surface area contributed by atoms with Gasteiger partial charge in [-0.3, -0.25) is 4.79 Å². The van der Waals surface area contributed by atoms with Crippen LogP contribution in [0.3, 0.4) is 0 Å². The van der Waals surface area contributed by atoms with Crippen molar-refractivity contribution in [3.05, 3.63) is 65.2 Å². The summed E-state index contributed by atoms with van der Waals surface area (Å²) in [4.78, 5) is 25.7. The number of hydrogen-bond acceptors (Lipinski definition) is 3. The quantitative estimate of drug-likeness (QED) is 0.624. The molecule has 0 saturated carbocycles. The molecule has 8 heteroatoms. The Kier molecular flexibility index (Phi) is 6.86. The van der Waals surface area contributed by atoms with E-state index in [-0.39, 0.29) is 29.8 Å². The standard InChI is InChI=1S/C16H18FNO2.C10H11FN2O/c1-10(2)20-16-6-11(3-4-15(16)17)14-7-13-5-12(14)8-18(13)9-19;1-2-13-6-7-5-8(11)3-4-9(7)12-10(13)14/h3-4,6-7,9-10,12-13H,5,8H2,1-2H3;3-5H,2,6H2,1H3,(H,12,14). The molecular formula is C26H29F2N3O3. The van der Waals surface area contributed by atoms with Crippen molar-refractivity contribution in [2.75, 3.05) is 18.4 Å². The van der Waals surface area contributed by atoms with Gasteiger partial charge in [0.25, 0.3) is 0 Å². The second-order valence-electron chi connectivity index (χ2n) is 8.98. The number of fused-ring (bicyclic) bond motifs is 3. The van der Waals surface area contributed by atoms with Gasteiger partial charge in [0.1, 0.15) is 5.82 Å². The average molecular weight is 470 g/mol. The lowest BCUT2D eigenvalue weighted by molar-refractivity contribution is -0.118. The summed E-state index contributed by atoms with van der Waals surface area (Å²) in [6.45, 7) is 7.52. The fourth-order valence-electron chi connectivity index (χ4n) is 4.65. The molecule has 3 aliphatic rings. The normalized spacial score (nSPS) is 20.4. The summed E-state index contributed by atoms with van der Waals surface area (Å²) in [6.07, 6.45) is 3.95. The number of anilines is 1. The van der Waals surface area contributed by atoms with Crippen molar-refractivity contribution >= 4 is 23.7 Å². The molecule has 2 atom stereocenters. The first-order valence-corrected chi connectivity index (χ1v) is 11.5. The van der Waals surface area contributed by atoms with Gasteiger partial charge in [-0.2, -0.15) is 0 Å². The van der Waals surface area contributed by atoms with Gasteiger partial charge in [-0.15, -0.1) is 0 Å². The molecule has 2 aromatic carbocycles. The van der Waals surface area contributed by atoms with E-state index in [1.165, 1.54) is 23.8 Å². The van der Waals surface area contributed by atoms with Gasteiger partial charge in [0.15, 0.2) is 11.6 Å². The number of ether oxygens (including phenoxy) is 1. The number of carbonyl (C=O) groups is 2. The number of halogens is 2. The molecule has 180 valence electrons. The van der Waals surface area contributed by atoms with Crippen LogP contribution >= 0.6 is 0 Å². The van der Waals surface area contributed by atoms with E-state index in [4.69, 9.17) is 4.74 Å². The van der Waals surface area contributed by atoms with Crippen LogP contribution < -0.4 is 10.1 Å². The molecule has 1 fully saturated rings. The highest BCUT2D eigenvalue weighted by Crippen LogP contribution is 2.42. The van der Waals surface area contributed by atoms with E-state index in [1.807, 2.05) is 25.7 Å². The fraction of sp³-hybridized carbons (Fsp3) is 0.385. The zero-order valence-electron chi connectivity index (χ0n) is 19.6. The third-order valence-electron chi connectivity index (χ3n) is 6.30. The maximum Gasteiger partial charge on any atom is 0.322 e. The summed E-state index contributed by atoms with van der Waals surface area (Å²) in [5.41, 5.74) is 3.74. The van der Waals surface area contributed by atoms with Gasteiger partial charge in [0.2, 0.25) is 6.41 Å². The van der Waals surface area contributed by atoms with Gasteiger partial charge in [0, 0.05) is 31.2 Å². The maximum absolute atomic E-state index is 13.7. The Morgan fingerprint density at radius 2 is 2.00 bits per heavy atom. The Balaban J connectivity index is 0.000000172. The van der Waals surface area contributed by atoms with Crippen LogP contribution in [0.2, 0.25) is 0 Å². The molecule has 2 heterocycles. The molecule has 1 aliphatic carbocycles. The van der Waals surface area contributed by atoms with Crippen molar-refractivity contribution in [3.8, 4) is 5.75 Å². The number of benzene rings is 2. The van der Waals surface area contributed by atoms with Crippen molar-refractivity contribution < 1.29 is 23.1 Å². The summed E-state index contributed by atoms with van der Waals surface area (Å²) >= 11 is 0. The number of hydrogen-bond donors (Lipinski definition) is 1. The first-order chi connectivity index (χ1) is 16.3. The maximum atomic E-state index is 13.7. The summed E-state index contributed by atoms with van der Waals surface area (Å²) in [5.74, 6) is 0.0626. The molecule has 2 aliphatic heterocycles. The second-order valence-corrected chi connectivity index (χ2v) is 8.98. The van der Waals surface area contributed by atoms with E-state index in [9.17, 15) is 18.4 Å². The van der Waals surface area contributed by atoms with Crippen molar-refractivity contribution in [1.82, 2.24) is 9.80 Å². The average Bonchev–Trinajstić information content (AvgIpc) is 3.41. The molecule has 2 bridgehead atoms. The Labute approximate surface area is 198 Å². The molecule has 3 amide bonds. The van der Waals surface area contributed by atoms with Crippen LogP contribution in [-0.4, -0.2) is 47.5 Å². The van der Waals surface area contributed by atoms with Gasteiger partial charge < -0.3 is 19.9 Å². The van der Waals surface area contributed by atoms with E-state index in [1.54, 1.807) is 23.1 Å². The predicted octanol–water partition coefficient (Wildman–Crippen LogP) is 5.05. The largest absolute Gasteiger partial charge is 0.488 e. The molecule has 1 N–H and O–H groups in total. The van der Waals surface area contributed by atoms with Crippen LogP contribution in [0.25, 0.3) is 5.57 Å². The lowest BCUT2D eigenvalue weighted by Gasteiger charge is -2.28. The first kappa shape index (κ1) is 23.7. The molecule has 1 saturated heterocycles. The molecule has 2 unspecified atom stereocenters. The molecule has 5 rings (SSSR count). The van der Waals surface area contributed by atoms with E-state index < -0.39 is 0 Å². The number of likely N-dealkylation sites (tertiary alicyclic amines) is 1. The summed E-state index contributed by atoms with van der Waals surface area (Å²) < 4.78 is 32.1. The zero-order valence-corrected chi connectivity index (χ0v) is 19.6. The highest BCUT2D eigenvalue weighted by atomic mass is 19.1. The van der Waals surface area contributed by atoms with Crippen LogP contribution in [0.15, 0.2) is 42.5 Å². The molecular weight excluding hydrogens is 440 g/mol. The lowest BCUT2D eigenvalue weighted by Crippen LogP contribution is -2.38. The number of urea groups is 1. The van der Waals surface area contributed by atoms with Crippen molar-refractivity contribution in [3.63, 3.8) is 0 Å². The van der Waals surface area contributed by atoms with Crippen LogP contribution in [0.5, 0.6) is 5.75 Å². The molecule has 6 nitrogen and oxygen atoms in total. The van der Waals surface area contributed by atoms with E-state index in [0.717, 1.165) is 30.5 Å². The number of nitrogens with one attached hydrogen (secondary N) is 1. The van der Waals surface area contributed by atoms with Crippen molar-refractivity contribution in [1.29, 1.82) is 0 Å². The summed E-state index contributed by atoms with van der Waals surface area (Å²) in [7, 11) is 0. The minimum absolute atomic E-state index is 0.0562. The van der Waals surface area contributed by atoms with Gasteiger partial charge in [0.05, 0.1) is 12.1 Å². The van der Waals surface area contributed by atoms with Gasteiger partial charge >= 0.3 is 6.03 Å². The minimum Gasteiger partial charge on any atom is -0.488 e. The van der Waals surface area contributed by atoms with Gasteiger partial charge in [-0.1, -0.05) is 12.1 Å². The molecule has 34 heavy (non-hydrogen) atoms. The Morgan fingerprint density at radius 3 is 2.65 bits per heavy atom. The number of rotatable bonds is 5. The van der Waals surface area contributed by atoms with Crippen LogP contribution in [0.1, 0.15) is 38.3 Å². The van der Waals surface area contributed by atoms with E-state index in [2.05, 4.69) is 11.4 Å². The Hall–Kier alpha value is -3.42. The third-order valence-corrected chi connectivity index (χ3v) is 6.30. The minimum atomic E-state index is -0.333. The third kappa shape index (κ3) is 4.90. The zero-order chi connectivity index (χ0) is 24.4. The van der Waals surface area contributed by atoms with Crippen LogP contribution in [0.4, 0.5) is 19.3 Å². The van der Waals surface area contributed by atoms with Crippen molar-refractivity contribution in [2.24, 2.45) is 5.92 Å². The van der Waals surface area contributed by atoms with E-state index >= 15 is 0 Å². The lowest BCUT2D eigenvalue weighted by atomic mass is 9.95. The van der Waals surface area contributed by atoms with Gasteiger partial charge in [-0.25, -0.2) is 13.6 Å². The molecule has 0 spiro atoms. The molecule has 2 aromatic rings. The van der Waals surface area contributed by atoms with Gasteiger partial charge in [-0.05, 0) is 74.2 Å². The SMILES string of the molecule is CC(C)Oc1cc(C2=CC3CC2CN3C=O)ccc1F.CCN1Cc2cc(F)ccc2NC1=O. The monoisotopic (exact) mass is 469 g/mol. The summed E-state index contributed by atoms with van der Waals surface area (Å²) in [6, 6.07) is 9.50. The number of amides is 3. The number of nitrogens with zero attached hydrogens (tertiary/aromatic N) is 2. The first-order valence-electron chi connectivity index (χ1n) is 11.5. The smallest absolute Gasteiger partial charge is 0.322 e.